The molecule has 0 amide bonds. The summed E-state index contributed by atoms with van der Waals surface area (Å²) in [4.78, 5) is 16.1. The van der Waals surface area contributed by atoms with E-state index in [1.165, 1.54) is 11.0 Å². The lowest BCUT2D eigenvalue weighted by atomic mass is 10.1. The minimum absolute atomic E-state index is 0.00338. The third-order valence-electron chi connectivity index (χ3n) is 2.85. The number of benzene rings is 1. The van der Waals surface area contributed by atoms with Gasteiger partial charge < -0.3 is 10.0 Å². The first-order valence-corrected chi connectivity index (χ1v) is 5.82. The number of aromatic carboxylic acids is 1. The monoisotopic (exact) mass is 278 g/mol. The maximum absolute atomic E-state index is 13.9. The van der Waals surface area contributed by atoms with Gasteiger partial charge in [-0.2, -0.15) is 0 Å². The first kappa shape index (κ1) is 13.9. The summed E-state index contributed by atoms with van der Waals surface area (Å²) in [7, 11) is 1.59. The number of anilines is 1. The SMILES string of the molecule is CN(Cc1cccnc1)c1ccc(C(=O)O)c(F)c1F. The lowest BCUT2D eigenvalue weighted by molar-refractivity contribution is 0.0690. The Balaban J connectivity index is 2.29. The van der Waals surface area contributed by atoms with E-state index in [0.29, 0.717) is 6.54 Å². The van der Waals surface area contributed by atoms with E-state index in [2.05, 4.69) is 4.98 Å². The number of carboxylic acids is 1. The Bertz CT molecular complexity index is 633. The number of aromatic nitrogens is 1. The minimum Gasteiger partial charge on any atom is -0.478 e. The molecule has 6 heteroatoms. The summed E-state index contributed by atoms with van der Waals surface area (Å²) in [6, 6.07) is 5.85. The van der Waals surface area contributed by atoms with Crippen molar-refractivity contribution in [1.82, 2.24) is 4.98 Å². The van der Waals surface area contributed by atoms with Crippen LogP contribution in [0.25, 0.3) is 0 Å². The van der Waals surface area contributed by atoms with Crippen LogP contribution >= 0.6 is 0 Å². The van der Waals surface area contributed by atoms with Gasteiger partial charge >= 0.3 is 5.97 Å². The van der Waals surface area contributed by atoms with Crippen molar-refractivity contribution in [3.05, 3.63) is 59.4 Å². The number of pyridine rings is 1. The fourth-order valence-corrected chi connectivity index (χ4v) is 1.85. The first-order valence-electron chi connectivity index (χ1n) is 5.82. The van der Waals surface area contributed by atoms with Crippen LogP contribution in [0.1, 0.15) is 15.9 Å². The van der Waals surface area contributed by atoms with Gasteiger partial charge in [0, 0.05) is 26.0 Å². The van der Waals surface area contributed by atoms with Crippen LogP contribution < -0.4 is 4.90 Å². The summed E-state index contributed by atoms with van der Waals surface area (Å²) in [6.45, 7) is 0.330. The van der Waals surface area contributed by atoms with Crippen LogP contribution in [0.5, 0.6) is 0 Å². The van der Waals surface area contributed by atoms with E-state index in [4.69, 9.17) is 5.11 Å². The molecule has 0 atom stereocenters. The lowest BCUT2D eigenvalue weighted by Crippen LogP contribution is -2.19. The molecule has 4 nitrogen and oxygen atoms in total. The van der Waals surface area contributed by atoms with Crippen LogP contribution in [0, 0.1) is 11.6 Å². The van der Waals surface area contributed by atoms with Gasteiger partial charge in [-0.05, 0) is 23.8 Å². The highest BCUT2D eigenvalue weighted by atomic mass is 19.2. The Morgan fingerprint density at radius 3 is 2.65 bits per heavy atom. The molecular weight excluding hydrogens is 266 g/mol. The van der Waals surface area contributed by atoms with Gasteiger partial charge in [0.15, 0.2) is 11.6 Å². The Labute approximate surface area is 114 Å². The molecule has 0 radical (unpaired) electrons. The second kappa shape index (κ2) is 5.64. The molecule has 0 aliphatic heterocycles. The lowest BCUT2D eigenvalue weighted by Gasteiger charge is -2.20. The molecule has 20 heavy (non-hydrogen) atoms. The second-order valence-electron chi connectivity index (χ2n) is 4.28. The van der Waals surface area contributed by atoms with E-state index >= 15 is 0 Å². The van der Waals surface area contributed by atoms with Gasteiger partial charge in [-0.3, -0.25) is 4.98 Å². The van der Waals surface area contributed by atoms with Crippen molar-refractivity contribution in [2.75, 3.05) is 11.9 Å². The molecule has 0 aliphatic rings. The summed E-state index contributed by atoms with van der Waals surface area (Å²) in [6.07, 6.45) is 3.24. The molecule has 2 aromatic rings. The number of carbonyl (C=O) groups is 1. The molecule has 104 valence electrons. The Morgan fingerprint density at radius 1 is 1.30 bits per heavy atom. The van der Waals surface area contributed by atoms with Gasteiger partial charge in [-0.25, -0.2) is 13.6 Å². The first-order chi connectivity index (χ1) is 9.50. The zero-order chi connectivity index (χ0) is 14.7. The topological polar surface area (TPSA) is 53.4 Å². The molecule has 0 spiro atoms. The smallest absolute Gasteiger partial charge is 0.338 e. The molecule has 0 bridgehead atoms. The second-order valence-corrected chi connectivity index (χ2v) is 4.28. The minimum atomic E-state index is -1.50. The predicted molar refractivity (Wildman–Crippen MR) is 69.7 cm³/mol. The molecule has 1 aromatic heterocycles. The number of hydrogen-bond acceptors (Lipinski definition) is 3. The quantitative estimate of drug-likeness (QED) is 0.934. The van der Waals surface area contributed by atoms with E-state index < -0.39 is 23.2 Å². The van der Waals surface area contributed by atoms with Crippen molar-refractivity contribution in [3.63, 3.8) is 0 Å². The number of halogens is 2. The molecule has 0 aliphatic carbocycles. The summed E-state index contributed by atoms with van der Waals surface area (Å²) >= 11 is 0. The third kappa shape index (κ3) is 2.74. The number of nitrogens with zero attached hydrogens (tertiary/aromatic N) is 2. The van der Waals surface area contributed by atoms with Gasteiger partial charge in [-0.15, -0.1) is 0 Å². The van der Waals surface area contributed by atoms with Crippen LogP contribution in [-0.4, -0.2) is 23.1 Å². The van der Waals surface area contributed by atoms with Crippen LogP contribution in [0.15, 0.2) is 36.7 Å². The van der Waals surface area contributed by atoms with Crippen LogP contribution in [0.3, 0.4) is 0 Å². The van der Waals surface area contributed by atoms with Gasteiger partial charge in [0.2, 0.25) is 0 Å². The largest absolute Gasteiger partial charge is 0.478 e. The third-order valence-corrected chi connectivity index (χ3v) is 2.85. The molecule has 1 heterocycles. The van der Waals surface area contributed by atoms with E-state index in [1.807, 2.05) is 6.07 Å². The zero-order valence-electron chi connectivity index (χ0n) is 10.7. The molecule has 0 saturated carbocycles. The van der Waals surface area contributed by atoms with Gasteiger partial charge in [0.1, 0.15) is 0 Å². The fraction of sp³-hybridized carbons (Fsp3) is 0.143. The molecular formula is C14H12F2N2O2. The fourth-order valence-electron chi connectivity index (χ4n) is 1.85. The van der Waals surface area contributed by atoms with Crippen LogP contribution in [0.2, 0.25) is 0 Å². The van der Waals surface area contributed by atoms with Crippen molar-refractivity contribution >= 4 is 11.7 Å². The highest BCUT2D eigenvalue weighted by Crippen LogP contribution is 2.24. The van der Waals surface area contributed by atoms with Crippen molar-refractivity contribution in [3.8, 4) is 0 Å². The highest BCUT2D eigenvalue weighted by molar-refractivity contribution is 5.88. The van der Waals surface area contributed by atoms with E-state index in [0.717, 1.165) is 11.6 Å². The van der Waals surface area contributed by atoms with Crippen molar-refractivity contribution in [1.29, 1.82) is 0 Å². The molecule has 1 N–H and O–H groups in total. The molecule has 0 fully saturated rings. The van der Waals surface area contributed by atoms with E-state index in [-0.39, 0.29) is 5.69 Å². The standard InChI is InChI=1S/C14H12F2N2O2/c1-18(8-9-3-2-6-17-7-9)11-5-4-10(14(19)20)12(15)13(11)16/h2-7H,8H2,1H3,(H,19,20). The van der Waals surface area contributed by atoms with Crippen LogP contribution in [-0.2, 0) is 6.54 Å². The summed E-state index contributed by atoms with van der Waals surface area (Å²) in [5.74, 6) is -4.02. The van der Waals surface area contributed by atoms with Crippen molar-refractivity contribution in [2.24, 2.45) is 0 Å². The highest BCUT2D eigenvalue weighted by Gasteiger charge is 2.19. The van der Waals surface area contributed by atoms with Crippen LogP contribution in [0.4, 0.5) is 14.5 Å². The number of hydrogen-bond donors (Lipinski definition) is 1. The average molecular weight is 278 g/mol. The maximum atomic E-state index is 13.9. The van der Waals surface area contributed by atoms with Crippen molar-refractivity contribution in [2.45, 2.75) is 6.54 Å². The summed E-state index contributed by atoms with van der Waals surface area (Å²) in [5.41, 5.74) is 0.148. The van der Waals surface area contributed by atoms with Crippen molar-refractivity contribution < 1.29 is 18.7 Å². The number of rotatable bonds is 4. The van der Waals surface area contributed by atoms with Gasteiger partial charge in [-0.1, -0.05) is 6.07 Å². The normalized spacial score (nSPS) is 10.3. The average Bonchev–Trinajstić information content (AvgIpc) is 2.42. The molecule has 0 unspecified atom stereocenters. The molecule has 1 aromatic carbocycles. The predicted octanol–water partition coefficient (Wildman–Crippen LogP) is 2.69. The zero-order valence-corrected chi connectivity index (χ0v) is 10.7. The Morgan fingerprint density at radius 2 is 2.05 bits per heavy atom. The Kier molecular flexibility index (Phi) is 3.93. The Hall–Kier alpha value is -2.50. The van der Waals surface area contributed by atoms with Gasteiger partial charge in [0.05, 0.1) is 11.3 Å². The van der Waals surface area contributed by atoms with E-state index in [9.17, 15) is 13.6 Å². The molecule has 0 saturated heterocycles. The maximum Gasteiger partial charge on any atom is 0.338 e. The molecule has 2 rings (SSSR count). The van der Waals surface area contributed by atoms with E-state index in [1.54, 1.807) is 25.5 Å². The number of carboxylic acid groups (broad SMARTS) is 1. The summed E-state index contributed by atoms with van der Waals surface area (Å²) in [5, 5.41) is 8.73. The van der Waals surface area contributed by atoms with Gasteiger partial charge in [0.25, 0.3) is 0 Å². The summed E-state index contributed by atoms with van der Waals surface area (Å²) < 4.78 is 27.5.